The fourth-order valence-corrected chi connectivity index (χ4v) is 2.07. The van der Waals surface area contributed by atoms with Crippen LogP contribution >= 0.6 is 0 Å². The Balaban J connectivity index is 2.26. The largest absolute Gasteiger partial charge is 0.493 e. The van der Waals surface area contributed by atoms with Gasteiger partial charge in [0.05, 0.1) is 13.7 Å². The van der Waals surface area contributed by atoms with Crippen molar-refractivity contribution in [1.82, 2.24) is 5.32 Å². The van der Waals surface area contributed by atoms with E-state index in [0.29, 0.717) is 5.92 Å². The van der Waals surface area contributed by atoms with E-state index in [1.165, 1.54) is 5.56 Å². The quantitative estimate of drug-likeness (QED) is 0.878. The number of rotatable bonds is 5. The Morgan fingerprint density at radius 2 is 2.11 bits per heavy atom. The molecule has 0 bridgehead atoms. The van der Waals surface area contributed by atoms with Gasteiger partial charge in [-0.2, -0.15) is 0 Å². The lowest BCUT2D eigenvalue weighted by Gasteiger charge is -2.05. The first-order valence-corrected chi connectivity index (χ1v) is 6.39. The Labute approximate surface area is 108 Å². The maximum Gasteiger partial charge on any atom is 0.176 e. The van der Waals surface area contributed by atoms with E-state index < -0.39 is 0 Å². The van der Waals surface area contributed by atoms with E-state index in [4.69, 9.17) is 9.15 Å². The summed E-state index contributed by atoms with van der Waals surface area (Å²) < 4.78 is 11.2. The molecule has 0 saturated heterocycles. The van der Waals surface area contributed by atoms with Crippen LogP contribution in [-0.2, 0) is 6.54 Å². The summed E-state index contributed by atoms with van der Waals surface area (Å²) in [7, 11) is 1.67. The van der Waals surface area contributed by atoms with Crippen LogP contribution in [0.15, 0.2) is 22.6 Å². The van der Waals surface area contributed by atoms with Gasteiger partial charge in [0.25, 0.3) is 0 Å². The average molecular weight is 247 g/mol. The molecule has 0 radical (unpaired) electrons. The zero-order valence-electron chi connectivity index (χ0n) is 11.5. The molecule has 0 spiro atoms. The van der Waals surface area contributed by atoms with E-state index in [9.17, 15) is 0 Å². The smallest absolute Gasteiger partial charge is 0.176 e. The van der Waals surface area contributed by atoms with E-state index in [2.05, 4.69) is 32.2 Å². The van der Waals surface area contributed by atoms with Gasteiger partial charge >= 0.3 is 0 Å². The first-order valence-electron chi connectivity index (χ1n) is 6.39. The molecule has 2 rings (SSSR count). The second kappa shape index (κ2) is 5.44. The highest BCUT2D eigenvalue weighted by atomic mass is 16.5. The molecule has 0 aliphatic carbocycles. The van der Waals surface area contributed by atoms with Crippen LogP contribution in [0.2, 0.25) is 0 Å². The van der Waals surface area contributed by atoms with Gasteiger partial charge in [-0.25, -0.2) is 0 Å². The van der Waals surface area contributed by atoms with E-state index >= 15 is 0 Å². The Kier molecular flexibility index (Phi) is 3.92. The number of methoxy groups -OCH3 is 1. The molecule has 0 saturated carbocycles. The summed E-state index contributed by atoms with van der Waals surface area (Å²) in [6, 6.07) is 5.99. The van der Waals surface area contributed by atoms with Gasteiger partial charge in [-0.3, -0.25) is 0 Å². The van der Waals surface area contributed by atoms with Crippen LogP contribution in [0.5, 0.6) is 5.75 Å². The molecule has 1 heterocycles. The second-order valence-corrected chi connectivity index (χ2v) is 5.01. The Morgan fingerprint density at radius 3 is 2.78 bits per heavy atom. The Bertz CT molecular complexity index is 529. The molecular weight excluding hydrogens is 226 g/mol. The van der Waals surface area contributed by atoms with Crippen molar-refractivity contribution in [2.75, 3.05) is 13.7 Å². The van der Waals surface area contributed by atoms with Crippen molar-refractivity contribution < 1.29 is 9.15 Å². The fraction of sp³-hybridized carbons (Fsp3) is 0.467. The maximum atomic E-state index is 5.92. The molecule has 0 unspecified atom stereocenters. The summed E-state index contributed by atoms with van der Waals surface area (Å²) in [4.78, 5) is 0. The second-order valence-electron chi connectivity index (χ2n) is 5.01. The molecule has 3 nitrogen and oxygen atoms in total. The summed E-state index contributed by atoms with van der Waals surface area (Å²) in [6.45, 7) is 8.25. The number of ether oxygens (including phenoxy) is 1. The summed E-state index contributed by atoms with van der Waals surface area (Å²) >= 11 is 0. The van der Waals surface area contributed by atoms with Crippen molar-refractivity contribution >= 4 is 11.0 Å². The average Bonchev–Trinajstić information content (AvgIpc) is 2.66. The van der Waals surface area contributed by atoms with E-state index in [1.54, 1.807) is 7.11 Å². The standard InChI is InChI=1S/C15H21NO2/c1-10(2)8-16-9-14-11(3)12-6-5-7-13(17-4)15(12)18-14/h5-7,10,16H,8-9H2,1-4H3. The Hall–Kier alpha value is -1.48. The van der Waals surface area contributed by atoms with E-state index in [0.717, 1.165) is 35.6 Å². The van der Waals surface area contributed by atoms with Crippen LogP contribution in [0, 0.1) is 12.8 Å². The molecule has 1 aromatic carbocycles. The minimum Gasteiger partial charge on any atom is -0.493 e. The van der Waals surface area contributed by atoms with Crippen molar-refractivity contribution in [3.63, 3.8) is 0 Å². The number of aryl methyl sites for hydroxylation is 1. The lowest BCUT2D eigenvalue weighted by Crippen LogP contribution is -2.18. The monoisotopic (exact) mass is 247 g/mol. The zero-order chi connectivity index (χ0) is 13.1. The molecule has 1 N–H and O–H groups in total. The van der Waals surface area contributed by atoms with Crippen molar-refractivity contribution in [3.05, 3.63) is 29.5 Å². The molecule has 0 atom stereocenters. The van der Waals surface area contributed by atoms with E-state index in [-0.39, 0.29) is 0 Å². The van der Waals surface area contributed by atoms with Crippen LogP contribution in [0.3, 0.4) is 0 Å². The molecule has 2 aromatic rings. The van der Waals surface area contributed by atoms with Gasteiger partial charge in [0.2, 0.25) is 0 Å². The van der Waals surface area contributed by atoms with Crippen LogP contribution in [0.1, 0.15) is 25.2 Å². The van der Waals surface area contributed by atoms with Crippen LogP contribution in [0.4, 0.5) is 0 Å². The van der Waals surface area contributed by atoms with Gasteiger partial charge in [0.15, 0.2) is 11.3 Å². The molecule has 0 amide bonds. The first kappa shape index (κ1) is 13.0. The van der Waals surface area contributed by atoms with Gasteiger partial charge in [-0.1, -0.05) is 26.0 Å². The molecule has 0 aliphatic heterocycles. The number of hydrogen-bond donors (Lipinski definition) is 1. The molecule has 18 heavy (non-hydrogen) atoms. The normalized spacial score (nSPS) is 11.4. The predicted octanol–water partition coefficient (Wildman–Crippen LogP) is 3.50. The lowest BCUT2D eigenvalue weighted by atomic mass is 10.1. The summed E-state index contributed by atoms with van der Waals surface area (Å²) in [6.07, 6.45) is 0. The Morgan fingerprint density at radius 1 is 1.33 bits per heavy atom. The van der Waals surface area contributed by atoms with Gasteiger partial charge in [-0.05, 0) is 31.0 Å². The highest BCUT2D eigenvalue weighted by molar-refractivity contribution is 5.87. The van der Waals surface area contributed by atoms with Gasteiger partial charge in [0.1, 0.15) is 5.76 Å². The van der Waals surface area contributed by atoms with Gasteiger partial charge in [0, 0.05) is 5.39 Å². The fourth-order valence-electron chi connectivity index (χ4n) is 2.07. The van der Waals surface area contributed by atoms with Crippen molar-refractivity contribution in [2.45, 2.75) is 27.3 Å². The van der Waals surface area contributed by atoms with Crippen LogP contribution < -0.4 is 10.1 Å². The maximum absolute atomic E-state index is 5.92. The third-order valence-electron chi connectivity index (χ3n) is 3.08. The molecule has 98 valence electrons. The number of nitrogens with one attached hydrogen (secondary N) is 1. The number of hydrogen-bond acceptors (Lipinski definition) is 3. The zero-order valence-corrected chi connectivity index (χ0v) is 11.5. The topological polar surface area (TPSA) is 34.4 Å². The van der Waals surface area contributed by atoms with Crippen molar-refractivity contribution in [1.29, 1.82) is 0 Å². The third kappa shape index (κ3) is 2.51. The highest BCUT2D eigenvalue weighted by Crippen LogP contribution is 2.32. The predicted molar refractivity (Wildman–Crippen MR) is 74.0 cm³/mol. The highest BCUT2D eigenvalue weighted by Gasteiger charge is 2.13. The molecular formula is C15H21NO2. The summed E-state index contributed by atoms with van der Waals surface area (Å²) in [5.41, 5.74) is 2.04. The molecule has 3 heteroatoms. The summed E-state index contributed by atoms with van der Waals surface area (Å²) in [5, 5.41) is 4.54. The minimum atomic E-state index is 0.643. The first-order chi connectivity index (χ1) is 8.63. The van der Waals surface area contributed by atoms with Gasteiger partial charge < -0.3 is 14.5 Å². The molecule has 0 aliphatic rings. The number of furan rings is 1. The lowest BCUT2D eigenvalue weighted by molar-refractivity contribution is 0.405. The van der Waals surface area contributed by atoms with Crippen molar-refractivity contribution in [3.8, 4) is 5.75 Å². The third-order valence-corrected chi connectivity index (χ3v) is 3.08. The molecule has 1 aromatic heterocycles. The summed E-state index contributed by atoms with van der Waals surface area (Å²) in [5.74, 6) is 2.44. The van der Waals surface area contributed by atoms with Gasteiger partial charge in [-0.15, -0.1) is 0 Å². The number of para-hydroxylation sites is 1. The van der Waals surface area contributed by atoms with Crippen LogP contribution in [0.25, 0.3) is 11.0 Å². The van der Waals surface area contributed by atoms with E-state index in [1.807, 2.05) is 12.1 Å². The number of benzene rings is 1. The SMILES string of the molecule is COc1cccc2c(C)c(CNCC(C)C)oc12. The number of fused-ring (bicyclic) bond motifs is 1. The van der Waals surface area contributed by atoms with Crippen LogP contribution in [-0.4, -0.2) is 13.7 Å². The minimum absolute atomic E-state index is 0.643. The van der Waals surface area contributed by atoms with Crippen molar-refractivity contribution in [2.24, 2.45) is 5.92 Å². The molecule has 0 fully saturated rings.